The maximum atomic E-state index is 6.74. The number of benzene rings is 1. The van der Waals surface area contributed by atoms with Gasteiger partial charge >= 0.3 is 0 Å². The monoisotopic (exact) mass is 285 g/mol. The summed E-state index contributed by atoms with van der Waals surface area (Å²) in [7, 11) is 1.74. The molecule has 4 saturated carbocycles. The molecule has 1 atom stereocenters. The second kappa shape index (κ2) is 5.01. The van der Waals surface area contributed by atoms with E-state index in [0.29, 0.717) is 5.92 Å². The van der Waals surface area contributed by atoms with Gasteiger partial charge in [-0.25, -0.2) is 0 Å². The van der Waals surface area contributed by atoms with Crippen molar-refractivity contribution in [3.63, 3.8) is 0 Å². The molecule has 0 spiro atoms. The van der Waals surface area contributed by atoms with Gasteiger partial charge in [0.25, 0.3) is 0 Å². The largest absolute Gasteiger partial charge is 0.496 e. The van der Waals surface area contributed by atoms with Crippen LogP contribution in [0.3, 0.4) is 0 Å². The van der Waals surface area contributed by atoms with Crippen LogP contribution < -0.4 is 10.5 Å². The minimum absolute atomic E-state index is 0.213. The number of hydrogen-bond acceptors (Lipinski definition) is 2. The molecule has 1 aromatic rings. The van der Waals surface area contributed by atoms with E-state index in [4.69, 9.17) is 10.5 Å². The van der Waals surface area contributed by atoms with E-state index in [2.05, 4.69) is 25.1 Å². The van der Waals surface area contributed by atoms with Crippen LogP contribution in [0.4, 0.5) is 0 Å². The molecule has 1 unspecified atom stereocenters. The highest BCUT2D eigenvalue weighted by atomic mass is 16.5. The molecule has 0 radical (unpaired) electrons. The average Bonchev–Trinajstić information content (AvgIpc) is 2.45. The van der Waals surface area contributed by atoms with Crippen LogP contribution in [0, 0.1) is 36.5 Å². The summed E-state index contributed by atoms with van der Waals surface area (Å²) in [5.41, 5.74) is 9.25. The lowest BCUT2D eigenvalue weighted by Crippen LogP contribution is -2.48. The zero-order valence-corrected chi connectivity index (χ0v) is 13.2. The summed E-state index contributed by atoms with van der Waals surface area (Å²) in [6.45, 7) is 2.12. The minimum atomic E-state index is 0.213. The lowest BCUT2D eigenvalue weighted by atomic mass is 9.50. The smallest absolute Gasteiger partial charge is 0.121 e. The molecule has 21 heavy (non-hydrogen) atoms. The Balaban J connectivity index is 1.60. The van der Waals surface area contributed by atoms with Crippen LogP contribution in [-0.2, 0) is 0 Å². The zero-order valence-electron chi connectivity index (χ0n) is 13.2. The fourth-order valence-electron chi connectivity index (χ4n) is 5.88. The van der Waals surface area contributed by atoms with E-state index >= 15 is 0 Å². The summed E-state index contributed by atoms with van der Waals surface area (Å²) in [6.07, 6.45) is 7.29. The third-order valence-electron chi connectivity index (χ3n) is 6.52. The lowest BCUT2D eigenvalue weighted by molar-refractivity contribution is -0.0471. The quantitative estimate of drug-likeness (QED) is 0.908. The Labute approximate surface area is 128 Å². The Morgan fingerprint density at radius 2 is 1.67 bits per heavy atom. The zero-order chi connectivity index (χ0) is 14.6. The van der Waals surface area contributed by atoms with E-state index in [1.807, 2.05) is 0 Å². The molecule has 4 bridgehead atoms. The predicted molar refractivity (Wildman–Crippen MR) is 85.2 cm³/mol. The van der Waals surface area contributed by atoms with Gasteiger partial charge in [0, 0.05) is 6.04 Å². The van der Waals surface area contributed by atoms with E-state index in [-0.39, 0.29) is 6.04 Å². The van der Waals surface area contributed by atoms with Crippen LogP contribution in [0.15, 0.2) is 18.2 Å². The van der Waals surface area contributed by atoms with Crippen LogP contribution in [-0.4, -0.2) is 7.11 Å². The SMILES string of the molecule is COc1ccc(C(N)C2C3CC4CC(C3)CC2C4)cc1C. The van der Waals surface area contributed by atoms with Crippen molar-refractivity contribution in [3.8, 4) is 5.75 Å². The van der Waals surface area contributed by atoms with Crippen molar-refractivity contribution in [2.24, 2.45) is 35.3 Å². The average molecular weight is 285 g/mol. The van der Waals surface area contributed by atoms with Gasteiger partial charge in [0.1, 0.15) is 5.75 Å². The maximum absolute atomic E-state index is 6.74. The van der Waals surface area contributed by atoms with Crippen LogP contribution in [0.1, 0.15) is 49.3 Å². The molecule has 4 aliphatic carbocycles. The van der Waals surface area contributed by atoms with Crippen LogP contribution in [0.2, 0.25) is 0 Å². The van der Waals surface area contributed by atoms with Crippen molar-refractivity contribution in [2.45, 2.75) is 45.1 Å². The second-order valence-corrected chi connectivity index (χ2v) is 7.76. The van der Waals surface area contributed by atoms with Gasteiger partial charge < -0.3 is 10.5 Å². The van der Waals surface area contributed by atoms with E-state index in [1.165, 1.54) is 43.2 Å². The van der Waals surface area contributed by atoms with E-state index in [1.54, 1.807) is 7.11 Å². The molecule has 2 N–H and O–H groups in total. The first kappa shape index (κ1) is 13.6. The minimum Gasteiger partial charge on any atom is -0.496 e. The summed E-state index contributed by atoms with van der Waals surface area (Å²) in [5, 5.41) is 0. The first-order chi connectivity index (χ1) is 10.2. The highest BCUT2D eigenvalue weighted by molar-refractivity contribution is 5.37. The van der Waals surface area contributed by atoms with Gasteiger partial charge in [0.2, 0.25) is 0 Å². The molecule has 5 rings (SSSR count). The Morgan fingerprint density at radius 1 is 1.05 bits per heavy atom. The molecular formula is C19H27NO. The normalized spacial score (nSPS) is 38.5. The van der Waals surface area contributed by atoms with E-state index in [0.717, 1.165) is 29.4 Å². The van der Waals surface area contributed by atoms with Gasteiger partial charge in [-0.1, -0.05) is 12.1 Å². The highest BCUT2D eigenvalue weighted by Crippen LogP contribution is 2.59. The Kier molecular flexibility index (Phi) is 3.25. The molecular weight excluding hydrogens is 258 g/mol. The molecule has 4 aliphatic rings. The molecule has 2 heteroatoms. The van der Waals surface area contributed by atoms with Crippen molar-refractivity contribution in [2.75, 3.05) is 7.11 Å². The molecule has 0 aromatic heterocycles. The summed E-state index contributed by atoms with van der Waals surface area (Å²) in [5.74, 6) is 5.50. The maximum Gasteiger partial charge on any atom is 0.121 e. The molecule has 2 nitrogen and oxygen atoms in total. The fraction of sp³-hybridized carbons (Fsp3) is 0.684. The van der Waals surface area contributed by atoms with Crippen molar-refractivity contribution < 1.29 is 4.74 Å². The predicted octanol–water partition coefficient (Wildman–Crippen LogP) is 4.08. The second-order valence-electron chi connectivity index (χ2n) is 7.76. The molecule has 1 aromatic carbocycles. The fourth-order valence-corrected chi connectivity index (χ4v) is 5.88. The van der Waals surface area contributed by atoms with Crippen molar-refractivity contribution in [3.05, 3.63) is 29.3 Å². The standard InChI is InChI=1S/C19H27NO/c1-11-5-14(3-4-17(11)21-2)19(20)18-15-7-12-6-13(9-15)10-16(18)8-12/h3-5,12-13,15-16,18-19H,6-10,20H2,1-2H3. The Morgan fingerprint density at radius 3 is 2.19 bits per heavy atom. The number of rotatable bonds is 3. The number of hydrogen-bond donors (Lipinski definition) is 1. The number of aryl methyl sites for hydroxylation is 1. The van der Waals surface area contributed by atoms with E-state index in [9.17, 15) is 0 Å². The Bertz CT molecular complexity index is 510. The third-order valence-corrected chi connectivity index (χ3v) is 6.52. The highest BCUT2D eigenvalue weighted by Gasteiger charge is 2.50. The molecule has 4 fully saturated rings. The first-order valence-electron chi connectivity index (χ1n) is 8.55. The van der Waals surface area contributed by atoms with Crippen LogP contribution in [0.25, 0.3) is 0 Å². The molecule has 114 valence electrons. The van der Waals surface area contributed by atoms with Crippen molar-refractivity contribution in [1.82, 2.24) is 0 Å². The van der Waals surface area contributed by atoms with Gasteiger partial charge in [-0.3, -0.25) is 0 Å². The topological polar surface area (TPSA) is 35.2 Å². The van der Waals surface area contributed by atoms with Gasteiger partial charge in [0.05, 0.1) is 7.11 Å². The van der Waals surface area contributed by atoms with Crippen LogP contribution >= 0.6 is 0 Å². The summed E-state index contributed by atoms with van der Waals surface area (Å²) >= 11 is 0. The number of nitrogens with two attached hydrogens (primary N) is 1. The molecule has 0 saturated heterocycles. The van der Waals surface area contributed by atoms with Gasteiger partial charge in [-0.05, 0) is 85.8 Å². The number of methoxy groups -OCH3 is 1. The summed E-state index contributed by atoms with van der Waals surface area (Å²) in [6, 6.07) is 6.72. The summed E-state index contributed by atoms with van der Waals surface area (Å²) < 4.78 is 5.38. The Hall–Kier alpha value is -1.02. The molecule has 0 aliphatic heterocycles. The van der Waals surface area contributed by atoms with E-state index < -0.39 is 0 Å². The number of ether oxygens (including phenoxy) is 1. The van der Waals surface area contributed by atoms with Crippen molar-refractivity contribution >= 4 is 0 Å². The molecule has 0 heterocycles. The lowest BCUT2D eigenvalue weighted by Gasteiger charge is -2.56. The van der Waals surface area contributed by atoms with Gasteiger partial charge in [-0.2, -0.15) is 0 Å². The molecule has 0 amide bonds. The van der Waals surface area contributed by atoms with Crippen LogP contribution in [0.5, 0.6) is 5.75 Å². The third kappa shape index (κ3) is 2.19. The van der Waals surface area contributed by atoms with Crippen molar-refractivity contribution in [1.29, 1.82) is 0 Å². The first-order valence-corrected chi connectivity index (χ1v) is 8.55. The summed E-state index contributed by atoms with van der Waals surface area (Å²) in [4.78, 5) is 0. The van der Waals surface area contributed by atoms with Gasteiger partial charge in [-0.15, -0.1) is 0 Å². The van der Waals surface area contributed by atoms with Gasteiger partial charge in [0.15, 0.2) is 0 Å².